The van der Waals surface area contributed by atoms with Gasteiger partial charge in [-0.15, -0.1) is 0 Å². The SMILES string of the molecule is COC(=O)[C@@]1(Oc2ccc(C(=O)CN(Cc3ccccc3)C(=O)OCc3ccccc3)cc2)C[C@@H](OC(C)=O)[C@@H](OC(C)=O)C(CCOC(C)=O)O1. The first-order valence-corrected chi connectivity index (χ1v) is 16.4. The molecule has 3 aromatic rings. The van der Waals surface area contributed by atoms with Crippen molar-refractivity contribution in [1.29, 1.82) is 0 Å². The first-order chi connectivity index (χ1) is 24.9. The van der Waals surface area contributed by atoms with Gasteiger partial charge in [0.1, 0.15) is 24.6 Å². The smallest absolute Gasteiger partial charge is 0.410 e. The molecule has 1 fully saturated rings. The predicted molar refractivity (Wildman–Crippen MR) is 181 cm³/mol. The minimum atomic E-state index is -2.22. The highest BCUT2D eigenvalue weighted by atomic mass is 16.7. The number of Topliss-reactive ketones (excluding diaryl/α,β-unsaturated/α-hetero) is 1. The molecule has 3 aromatic carbocycles. The van der Waals surface area contributed by atoms with E-state index in [0.717, 1.165) is 32.1 Å². The van der Waals surface area contributed by atoms with Gasteiger partial charge in [-0.1, -0.05) is 60.7 Å². The van der Waals surface area contributed by atoms with Crippen LogP contribution in [0.1, 0.15) is 55.1 Å². The summed E-state index contributed by atoms with van der Waals surface area (Å²) in [5, 5.41) is 0. The average molecular weight is 720 g/mol. The molecule has 4 rings (SSSR count). The second kappa shape index (κ2) is 18.5. The molecule has 0 aliphatic carbocycles. The molecule has 0 N–H and O–H groups in total. The zero-order chi connectivity index (χ0) is 37.7. The molecule has 4 atom stereocenters. The van der Waals surface area contributed by atoms with Gasteiger partial charge in [0, 0.05) is 39.3 Å². The van der Waals surface area contributed by atoms with Gasteiger partial charge >= 0.3 is 35.8 Å². The number of ketones is 1. The van der Waals surface area contributed by atoms with Crippen molar-refractivity contribution in [3.05, 3.63) is 102 Å². The first kappa shape index (κ1) is 39.0. The molecule has 52 heavy (non-hydrogen) atoms. The van der Waals surface area contributed by atoms with Crippen LogP contribution in [0, 0.1) is 0 Å². The standard InChI is InChI=1S/C38H41NO13/c1-25(40)47-20-19-33-35(50-27(3)42)34(49-26(2)41)21-38(52-33,36(44)46-4)51-31-17-15-30(16-18-31)32(43)23-39(22-28-11-7-5-8-12-28)37(45)48-24-29-13-9-6-10-14-29/h5-18,33-35H,19-24H2,1-4H3/t33?,34-,35+,38-/m1/s1. The third-order valence-electron chi connectivity index (χ3n) is 7.84. The molecular formula is C38H41NO13. The Hall–Kier alpha value is -5.76. The summed E-state index contributed by atoms with van der Waals surface area (Å²) in [5.41, 5.74) is 1.82. The lowest BCUT2D eigenvalue weighted by Gasteiger charge is -2.45. The van der Waals surface area contributed by atoms with Gasteiger partial charge in [0.25, 0.3) is 0 Å². The maximum absolute atomic E-state index is 13.5. The zero-order valence-corrected chi connectivity index (χ0v) is 29.3. The van der Waals surface area contributed by atoms with Gasteiger partial charge in [-0.2, -0.15) is 0 Å². The number of esters is 4. The molecule has 0 saturated carbocycles. The second-order valence-electron chi connectivity index (χ2n) is 11.9. The molecule has 1 saturated heterocycles. The summed E-state index contributed by atoms with van der Waals surface area (Å²) in [6, 6.07) is 24.1. The topological polar surface area (TPSA) is 170 Å². The number of hydrogen-bond acceptors (Lipinski definition) is 13. The summed E-state index contributed by atoms with van der Waals surface area (Å²) in [5.74, 6) is -5.55. The average Bonchev–Trinajstić information content (AvgIpc) is 3.12. The highest BCUT2D eigenvalue weighted by molar-refractivity contribution is 5.99. The largest absolute Gasteiger partial charge is 0.466 e. The maximum Gasteiger partial charge on any atom is 0.410 e. The van der Waals surface area contributed by atoms with E-state index in [9.17, 15) is 28.8 Å². The summed E-state index contributed by atoms with van der Waals surface area (Å²) >= 11 is 0. The first-order valence-electron chi connectivity index (χ1n) is 16.4. The molecule has 0 aromatic heterocycles. The number of carbonyl (C=O) groups is 6. The van der Waals surface area contributed by atoms with Crippen molar-refractivity contribution in [3.8, 4) is 5.75 Å². The van der Waals surface area contributed by atoms with Crippen molar-refractivity contribution in [2.45, 2.75) is 70.9 Å². The molecule has 1 unspecified atom stereocenters. The van der Waals surface area contributed by atoms with Crippen molar-refractivity contribution in [2.75, 3.05) is 20.3 Å². The number of methoxy groups -OCH3 is 1. The molecule has 276 valence electrons. The van der Waals surface area contributed by atoms with Crippen LogP contribution in [0.2, 0.25) is 0 Å². The van der Waals surface area contributed by atoms with Crippen LogP contribution in [0.25, 0.3) is 0 Å². The van der Waals surface area contributed by atoms with Crippen molar-refractivity contribution in [3.63, 3.8) is 0 Å². The van der Waals surface area contributed by atoms with Crippen molar-refractivity contribution in [1.82, 2.24) is 4.90 Å². The molecule has 0 radical (unpaired) electrons. The number of rotatable bonds is 15. The minimum absolute atomic E-state index is 0.0275. The van der Waals surface area contributed by atoms with Gasteiger partial charge in [0.2, 0.25) is 0 Å². The number of nitrogens with zero attached hydrogens (tertiary/aromatic N) is 1. The van der Waals surface area contributed by atoms with E-state index in [1.165, 1.54) is 36.1 Å². The molecule has 1 heterocycles. The van der Waals surface area contributed by atoms with Crippen molar-refractivity contribution < 1.29 is 61.9 Å². The Balaban J connectivity index is 1.55. The van der Waals surface area contributed by atoms with Crippen LogP contribution in [0.3, 0.4) is 0 Å². The molecule has 0 spiro atoms. The Kier molecular flexibility index (Phi) is 13.9. The quantitative estimate of drug-likeness (QED) is 0.122. The third-order valence-corrected chi connectivity index (χ3v) is 7.84. The highest BCUT2D eigenvalue weighted by Gasteiger charge is 2.57. The molecular weight excluding hydrogens is 678 g/mol. The number of carbonyl (C=O) groups excluding carboxylic acids is 6. The Bertz CT molecular complexity index is 1700. The minimum Gasteiger partial charge on any atom is -0.466 e. The van der Waals surface area contributed by atoms with Gasteiger partial charge in [-0.05, 0) is 35.4 Å². The van der Waals surface area contributed by atoms with Crippen LogP contribution in [0.15, 0.2) is 84.9 Å². The van der Waals surface area contributed by atoms with E-state index in [0.29, 0.717) is 0 Å². The number of hydrogen-bond donors (Lipinski definition) is 0. The number of benzene rings is 3. The summed E-state index contributed by atoms with van der Waals surface area (Å²) in [6.45, 7) is 3.18. The van der Waals surface area contributed by atoms with Crippen LogP contribution in [0.5, 0.6) is 5.75 Å². The van der Waals surface area contributed by atoms with Crippen LogP contribution in [-0.4, -0.2) is 85.0 Å². The van der Waals surface area contributed by atoms with Crippen molar-refractivity contribution >= 4 is 35.8 Å². The molecule has 1 amide bonds. The van der Waals surface area contributed by atoms with E-state index in [2.05, 4.69) is 0 Å². The van der Waals surface area contributed by atoms with E-state index in [-0.39, 0.29) is 44.0 Å². The Morgan fingerprint density at radius 3 is 1.96 bits per heavy atom. The second-order valence-corrected chi connectivity index (χ2v) is 11.9. The lowest BCUT2D eigenvalue weighted by Crippen LogP contribution is -2.63. The van der Waals surface area contributed by atoms with Crippen LogP contribution < -0.4 is 4.74 Å². The lowest BCUT2D eigenvalue weighted by molar-refractivity contribution is -0.290. The molecule has 14 heteroatoms. The van der Waals surface area contributed by atoms with Gasteiger partial charge in [-0.3, -0.25) is 24.1 Å². The summed E-state index contributed by atoms with van der Waals surface area (Å²) < 4.78 is 38.7. The predicted octanol–water partition coefficient (Wildman–Crippen LogP) is 4.56. The van der Waals surface area contributed by atoms with Crippen LogP contribution in [-0.2, 0) is 60.8 Å². The van der Waals surface area contributed by atoms with Crippen molar-refractivity contribution in [2.24, 2.45) is 0 Å². The Labute approximate surface area is 300 Å². The summed E-state index contributed by atoms with van der Waals surface area (Å²) in [4.78, 5) is 76.8. The van der Waals surface area contributed by atoms with Gasteiger partial charge in [-0.25, -0.2) is 9.59 Å². The molecule has 1 aliphatic rings. The highest BCUT2D eigenvalue weighted by Crippen LogP contribution is 2.37. The molecule has 0 bridgehead atoms. The monoisotopic (exact) mass is 719 g/mol. The third kappa shape index (κ3) is 11.1. The lowest BCUT2D eigenvalue weighted by atomic mass is 9.93. The van der Waals surface area contributed by atoms with E-state index >= 15 is 0 Å². The summed E-state index contributed by atoms with van der Waals surface area (Å²) in [7, 11) is 1.11. The normalized spacial score (nSPS) is 19.3. The van der Waals surface area contributed by atoms with E-state index < -0.39 is 66.3 Å². The van der Waals surface area contributed by atoms with E-state index in [1.807, 2.05) is 60.7 Å². The van der Waals surface area contributed by atoms with Gasteiger partial charge < -0.3 is 33.2 Å². The van der Waals surface area contributed by atoms with Crippen LogP contribution >= 0.6 is 0 Å². The fourth-order valence-corrected chi connectivity index (χ4v) is 5.55. The number of amides is 1. The maximum atomic E-state index is 13.5. The van der Waals surface area contributed by atoms with Crippen LogP contribution in [0.4, 0.5) is 4.79 Å². The summed E-state index contributed by atoms with van der Waals surface area (Å²) in [6.07, 6.45) is -4.75. The van der Waals surface area contributed by atoms with E-state index in [1.54, 1.807) is 0 Å². The Morgan fingerprint density at radius 2 is 1.38 bits per heavy atom. The molecule has 14 nitrogen and oxygen atoms in total. The fourth-order valence-electron chi connectivity index (χ4n) is 5.55. The number of ether oxygens (including phenoxy) is 7. The van der Waals surface area contributed by atoms with E-state index in [4.69, 9.17) is 33.2 Å². The van der Waals surface area contributed by atoms with Gasteiger partial charge in [0.05, 0.1) is 26.7 Å². The van der Waals surface area contributed by atoms with Gasteiger partial charge in [0.15, 0.2) is 11.9 Å². The Morgan fingerprint density at radius 1 is 0.769 bits per heavy atom. The fraction of sp³-hybridized carbons (Fsp3) is 0.368. The zero-order valence-electron chi connectivity index (χ0n) is 29.3. The molecule has 1 aliphatic heterocycles.